The van der Waals surface area contributed by atoms with Crippen LogP contribution in [0.1, 0.15) is 41.0 Å². The number of carbonyl (C=O) groups excluding carboxylic acids is 3. The lowest BCUT2D eigenvalue weighted by Crippen LogP contribution is -2.42. The van der Waals surface area contributed by atoms with Gasteiger partial charge in [0.05, 0.1) is 11.1 Å². The average Bonchev–Trinajstić information content (AvgIpc) is 2.72. The zero-order chi connectivity index (χ0) is 16.1. The molecular formula is C16H21N3O3. The molecular weight excluding hydrogens is 282 g/mol. The van der Waals surface area contributed by atoms with E-state index < -0.39 is 0 Å². The summed E-state index contributed by atoms with van der Waals surface area (Å²) in [6.07, 6.45) is 0.909. The van der Waals surface area contributed by atoms with Gasteiger partial charge in [-0.2, -0.15) is 0 Å². The molecule has 0 saturated carbocycles. The highest BCUT2D eigenvalue weighted by Crippen LogP contribution is 2.21. The molecule has 0 spiro atoms. The summed E-state index contributed by atoms with van der Waals surface area (Å²) in [6, 6.07) is 6.46. The number of benzene rings is 1. The first kappa shape index (κ1) is 16.0. The van der Waals surface area contributed by atoms with Crippen molar-refractivity contribution < 1.29 is 14.4 Å². The van der Waals surface area contributed by atoms with E-state index in [1.54, 1.807) is 24.3 Å². The van der Waals surface area contributed by atoms with Crippen molar-refractivity contribution in [2.75, 3.05) is 19.6 Å². The van der Waals surface area contributed by atoms with Crippen molar-refractivity contribution >= 4 is 17.8 Å². The van der Waals surface area contributed by atoms with Crippen LogP contribution in [-0.4, -0.2) is 42.4 Å². The fraction of sp³-hybridized carbons (Fsp3) is 0.438. The molecule has 0 saturated heterocycles. The van der Waals surface area contributed by atoms with E-state index in [1.165, 1.54) is 4.90 Å². The molecule has 0 fully saturated rings. The van der Waals surface area contributed by atoms with Crippen molar-refractivity contribution in [1.29, 1.82) is 0 Å². The summed E-state index contributed by atoms with van der Waals surface area (Å²) in [5.41, 5.74) is 0.850. The number of imide groups is 1. The molecule has 0 bridgehead atoms. The van der Waals surface area contributed by atoms with Gasteiger partial charge in [-0.1, -0.05) is 26.0 Å². The van der Waals surface area contributed by atoms with Gasteiger partial charge in [0, 0.05) is 19.6 Å². The fourth-order valence-electron chi connectivity index (χ4n) is 2.26. The Kier molecular flexibility index (Phi) is 5.14. The molecule has 6 heteroatoms. The van der Waals surface area contributed by atoms with Gasteiger partial charge in [0.15, 0.2) is 0 Å². The monoisotopic (exact) mass is 303 g/mol. The lowest BCUT2D eigenvalue weighted by molar-refractivity contribution is 0.0656. The van der Waals surface area contributed by atoms with Crippen LogP contribution in [0.5, 0.6) is 0 Å². The molecule has 1 aromatic carbocycles. The first-order valence-electron chi connectivity index (χ1n) is 7.47. The molecule has 2 rings (SSSR count). The zero-order valence-corrected chi connectivity index (χ0v) is 12.9. The number of carbonyl (C=O) groups is 3. The Morgan fingerprint density at radius 2 is 1.59 bits per heavy atom. The lowest BCUT2D eigenvalue weighted by Gasteiger charge is -2.14. The Labute approximate surface area is 129 Å². The highest BCUT2D eigenvalue weighted by molar-refractivity contribution is 6.21. The zero-order valence-electron chi connectivity index (χ0n) is 12.9. The Morgan fingerprint density at radius 1 is 1.05 bits per heavy atom. The third kappa shape index (κ3) is 3.63. The predicted octanol–water partition coefficient (Wildman–Crippen LogP) is 1.63. The number of hydrogen-bond donors (Lipinski definition) is 2. The van der Waals surface area contributed by atoms with Gasteiger partial charge in [-0.25, -0.2) is 4.79 Å². The van der Waals surface area contributed by atoms with Crippen LogP contribution in [0.15, 0.2) is 24.3 Å². The summed E-state index contributed by atoms with van der Waals surface area (Å²) < 4.78 is 0. The van der Waals surface area contributed by atoms with E-state index in [9.17, 15) is 14.4 Å². The summed E-state index contributed by atoms with van der Waals surface area (Å²) in [5.74, 6) is -0.0797. The molecule has 1 aliphatic rings. The molecule has 0 unspecified atom stereocenters. The minimum absolute atomic E-state index is 0.171. The highest BCUT2D eigenvalue weighted by Gasteiger charge is 2.34. The van der Waals surface area contributed by atoms with Gasteiger partial charge in [-0.15, -0.1) is 0 Å². The normalized spacial score (nSPS) is 13.5. The second kappa shape index (κ2) is 7.06. The smallest absolute Gasteiger partial charge is 0.314 e. The number of nitrogens with zero attached hydrogens (tertiary/aromatic N) is 1. The van der Waals surface area contributed by atoms with Crippen LogP contribution in [0.25, 0.3) is 0 Å². The number of nitrogens with one attached hydrogen (secondary N) is 2. The van der Waals surface area contributed by atoms with Crippen molar-refractivity contribution in [2.24, 2.45) is 5.92 Å². The van der Waals surface area contributed by atoms with Crippen LogP contribution >= 0.6 is 0 Å². The molecule has 2 N–H and O–H groups in total. The van der Waals surface area contributed by atoms with E-state index >= 15 is 0 Å². The van der Waals surface area contributed by atoms with Crippen molar-refractivity contribution in [2.45, 2.75) is 20.3 Å². The van der Waals surface area contributed by atoms with Gasteiger partial charge >= 0.3 is 6.03 Å². The fourth-order valence-corrected chi connectivity index (χ4v) is 2.26. The molecule has 1 heterocycles. The molecule has 4 amide bonds. The van der Waals surface area contributed by atoms with Crippen LogP contribution in [0.2, 0.25) is 0 Å². The van der Waals surface area contributed by atoms with Crippen molar-refractivity contribution in [3.63, 3.8) is 0 Å². The molecule has 6 nitrogen and oxygen atoms in total. The maximum atomic E-state index is 12.1. The Balaban J connectivity index is 1.78. The van der Waals surface area contributed by atoms with E-state index in [0.29, 0.717) is 23.6 Å². The van der Waals surface area contributed by atoms with Crippen molar-refractivity contribution in [3.8, 4) is 0 Å². The molecule has 118 valence electrons. The van der Waals surface area contributed by atoms with Crippen LogP contribution in [0.4, 0.5) is 4.79 Å². The summed E-state index contributed by atoms with van der Waals surface area (Å²) in [6.45, 7) is 5.18. The number of fused-ring (bicyclic) bond motifs is 1. The number of urea groups is 1. The number of amides is 4. The van der Waals surface area contributed by atoms with Crippen molar-refractivity contribution in [3.05, 3.63) is 35.4 Å². The third-order valence-corrected chi connectivity index (χ3v) is 3.51. The molecule has 0 aliphatic carbocycles. The van der Waals surface area contributed by atoms with Crippen LogP contribution in [0, 0.1) is 5.92 Å². The van der Waals surface area contributed by atoms with Crippen LogP contribution in [-0.2, 0) is 0 Å². The SMILES string of the molecule is CC(C)CCNC(=O)NCCN1C(=O)c2ccccc2C1=O. The van der Waals surface area contributed by atoms with E-state index in [4.69, 9.17) is 0 Å². The highest BCUT2D eigenvalue weighted by atomic mass is 16.2. The van der Waals surface area contributed by atoms with Gasteiger partial charge in [0.2, 0.25) is 0 Å². The molecule has 1 aliphatic heterocycles. The Hall–Kier alpha value is -2.37. The summed E-state index contributed by atoms with van der Waals surface area (Å²) in [5, 5.41) is 5.40. The first-order valence-corrected chi connectivity index (χ1v) is 7.47. The maximum absolute atomic E-state index is 12.1. The van der Waals surface area contributed by atoms with Crippen LogP contribution in [0.3, 0.4) is 0 Å². The Bertz CT molecular complexity index is 549. The number of rotatable bonds is 6. The Morgan fingerprint density at radius 3 is 2.14 bits per heavy atom. The second-order valence-corrected chi connectivity index (χ2v) is 5.67. The van der Waals surface area contributed by atoms with Gasteiger partial charge in [0.1, 0.15) is 0 Å². The van der Waals surface area contributed by atoms with Gasteiger partial charge in [-0.3, -0.25) is 14.5 Å². The molecule has 22 heavy (non-hydrogen) atoms. The minimum Gasteiger partial charge on any atom is -0.338 e. The summed E-state index contributed by atoms with van der Waals surface area (Å²) in [4.78, 5) is 36.9. The summed E-state index contributed by atoms with van der Waals surface area (Å²) in [7, 11) is 0. The molecule has 0 aromatic heterocycles. The average molecular weight is 303 g/mol. The van der Waals surface area contributed by atoms with Gasteiger partial charge in [0.25, 0.3) is 11.8 Å². The van der Waals surface area contributed by atoms with Gasteiger partial charge in [-0.05, 0) is 24.5 Å². The van der Waals surface area contributed by atoms with E-state index in [2.05, 4.69) is 24.5 Å². The second-order valence-electron chi connectivity index (χ2n) is 5.67. The largest absolute Gasteiger partial charge is 0.338 e. The number of hydrogen-bond acceptors (Lipinski definition) is 3. The molecule has 0 atom stereocenters. The molecule has 0 radical (unpaired) electrons. The lowest BCUT2D eigenvalue weighted by atomic mass is 10.1. The van der Waals surface area contributed by atoms with E-state index in [0.717, 1.165) is 6.42 Å². The third-order valence-electron chi connectivity index (χ3n) is 3.51. The summed E-state index contributed by atoms with van der Waals surface area (Å²) >= 11 is 0. The van der Waals surface area contributed by atoms with E-state index in [1.807, 2.05) is 0 Å². The first-order chi connectivity index (χ1) is 10.5. The minimum atomic E-state index is -0.303. The predicted molar refractivity (Wildman–Crippen MR) is 82.7 cm³/mol. The molecule has 1 aromatic rings. The van der Waals surface area contributed by atoms with Crippen LogP contribution < -0.4 is 10.6 Å². The van der Waals surface area contributed by atoms with Crippen molar-refractivity contribution in [1.82, 2.24) is 15.5 Å². The van der Waals surface area contributed by atoms with E-state index in [-0.39, 0.29) is 30.9 Å². The van der Waals surface area contributed by atoms with Gasteiger partial charge < -0.3 is 10.6 Å². The quantitative estimate of drug-likeness (QED) is 0.784. The maximum Gasteiger partial charge on any atom is 0.314 e. The standard InChI is InChI=1S/C16H21N3O3/c1-11(2)7-8-17-16(22)18-9-10-19-14(20)12-5-3-4-6-13(12)15(19)21/h3-6,11H,7-10H2,1-2H3,(H2,17,18,22). The topological polar surface area (TPSA) is 78.5 Å².